The van der Waals surface area contributed by atoms with Crippen LogP contribution in [0.2, 0.25) is 0 Å². The third-order valence-electron chi connectivity index (χ3n) is 3.76. The average molecular weight is 298 g/mol. The van der Waals surface area contributed by atoms with E-state index < -0.39 is 16.2 Å². The lowest BCUT2D eigenvalue weighted by Gasteiger charge is -2.39. The minimum atomic E-state index is -3.86. The maximum Gasteiger partial charge on any atom is 0.342 e. The Balaban J connectivity index is 2.29. The molecule has 1 heterocycles. The van der Waals surface area contributed by atoms with Crippen LogP contribution in [0, 0.1) is 0 Å². The SMILES string of the molecule is CC(=O)C1CCCC[N+]1(C)OS(=O)(=O)c1ccccc1. The number of benzene rings is 1. The van der Waals surface area contributed by atoms with Crippen LogP contribution in [-0.2, 0) is 19.2 Å². The molecule has 0 N–H and O–H groups in total. The van der Waals surface area contributed by atoms with E-state index in [0.717, 1.165) is 12.8 Å². The van der Waals surface area contributed by atoms with Crippen molar-refractivity contribution < 1.29 is 22.1 Å². The van der Waals surface area contributed by atoms with E-state index >= 15 is 0 Å². The zero-order chi connectivity index (χ0) is 14.8. The molecule has 0 amide bonds. The lowest BCUT2D eigenvalue weighted by atomic mass is 9.99. The van der Waals surface area contributed by atoms with E-state index in [9.17, 15) is 13.2 Å². The Morgan fingerprint density at radius 1 is 1.25 bits per heavy atom. The summed E-state index contributed by atoms with van der Waals surface area (Å²) in [4.78, 5) is 11.9. The fraction of sp³-hybridized carbons (Fsp3) is 0.500. The van der Waals surface area contributed by atoms with Gasteiger partial charge in [-0.05, 0) is 25.0 Å². The molecule has 0 saturated carbocycles. The summed E-state index contributed by atoms with van der Waals surface area (Å²) >= 11 is 0. The molecule has 6 heteroatoms. The fourth-order valence-corrected chi connectivity index (χ4v) is 3.93. The van der Waals surface area contributed by atoms with Crippen LogP contribution in [0.5, 0.6) is 0 Å². The number of rotatable bonds is 4. The first-order valence-electron chi connectivity index (χ1n) is 6.72. The van der Waals surface area contributed by atoms with Gasteiger partial charge in [-0.25, -0.2) is 0 Å². The van der Waals surface area contributed by atoms with Crippen LogP contribution in [0.1, 0.15) is 26.2 Å². The summed E-state index contributed by atoms with van der Waals surface area (Å²) in [7, 11) is -2.19. The molecule has 5 nitrogen and oxygen atoms in total. The topological polar surface area (TPSA) is 60.4 Å². The smallest absolute Gasteiger partial charge is 0.293 e. The molecule has 110 valence electrons. The van der Waals surface area contributed by atoms with Gasteiger partial charge in [-0.3, -0.25) is 4.79 Å². The van der Waals surface area contributed by atoms with Crippen molar-refractivity contribution in [3.63, 3.8) is 0 Å². The van der Waals surface area contributed by atoms with E-state index in [1.54, 1.807) is 25.2 Å². The standard InChI is InChI=1S/C14H20NO4S/c1-12(16)14-10-6-7-11-15(14,2)19-20(17,18)13-8-4-3-5-9-13/h3-5,8-9,14H,6-7,10-11H2,1-2H3/q+1. The molecule has 20 heavy (non-hydrogen) atoms. The normalized spacial score (nSPS) is 27.2. The van der Waals surface area contributed by atoms with Crippen molar-refractivity contribution >= 4 is 15.9 Å². The summed E-state index contributed by atoms with van der Waals surface area (Å²) in [6, 6.07) is 7.61. The van der Waals surface area contributed by atoms with Gasteiger partial charge in [0.2, 0.25) is 0 Å². The first-order valence-corrected chi connectivity index (χ1v) is 8.13. The van der Waals surface area contributed by atoms with E-state index in [2.05, 4.69) is 0 Å². The molecule has 1 aromatic carbocycles. The van der Waals surface area contributed by atoms with Gasteiger partial charge >= 0.3 is 10.1 Å². The molecule has 1 fully saturated rings. The van der Waals surface area contributed by atoms with Crippen molar-refractivity contribution in [1.82, 2.24) is 0 Å². The molecule has 0 bridgehead atoms. The predicted octanol–water partition coefficient (Wildman–Crippen LogP) is 1.89. The number of nitrogens with zero attached hydrogens (tertiary/aromatic N) is 1. The summed E-state index contributed by atoms with van der Waals surface area (Å²) in [6.45, 7) is 2.02. The van der Waals surface area contributed by atoms with Crippen molar-refractivity contribution in [1.29, 1.82) is 0 Å². The molecule has 0 radical (unpaired) electrons. The van der Waals surface area contributed by atoms with E-state index in [-0.39, 0.29) is 15.3 Å². The Labute approximate surface area is 119 Å². The summed E-state index contributed by atoms with van der Waals surface area (Å²) < 4.78 is 29.9. The number of quaternary nitrogens is 1. The number of likely N-dealkylation sites (tertiary alicyclic amines) is 1. The van der Waals surface area contributed by atoms with Gasteiger partial charge in [0.05, 0.1) is 4.90 Å². The second-order valence-corrected chi connectivity index (χ2v) is 6.89. The van der Waals surface area contributed by atoms with Crippen LogP contribution in [0.3, 0.4) is 0 Å². The Morgan fingerprint density at radius 2 is 1.90 bits per heavy atom. The molecule has 2 atom stereocenters. The van der Waals surface area contributed by atoms with Gasteiger partial charge in [0.1, 0.15) is 13.6 Å². The fourth-order valence-electron chi connectivity index (χ4n) is 2.72. The third kappa shape index (κ3) is 3.08. The number of carbonyl (C=O) groups excluding carboxylic acids is 1. The van der Waals surface area contributed by atoms with Gasteiger partial charge < -0.3 is 0 Å². The van der Waals surface area contributed by atoms with Crippen molar-refractivity contribution in [2.75, 3.05) is 13.6 Å². The van der Waals surface area contributed by atoms with Crippen molar-refractivity contribution in [2.45, 2.75) is 37.1 Å². The van der Waals surface area contributed by atoms with Crippen LogP contribution in [0.15, 0.2) is 35.2 Å². The lowest BCUT2D eigenvalue weighted by molar-refractivity contribution is -1.08. The van der Waals surface area contributed by atoms with Crippen LogP contribution in [0.25, 0.3) is 0 Å². The zero-order valence-corrected chi connectivity index (χ0v) is 12.6. The maximum absolute atomic E-state index is 12.3. The molecule has 1 aliphatic rings. The second kappa shape index (κ2) is 5.63. The maximum atomic E-state index is 12.3. The highest BCUT2D eigenvalue weighted by Gasteiger charge is 2.44. The van der Waals surface area contributed by atoms with E-state index in [1.807, 2.05) is 0 Å². The summed E-state index contributed by atoms with van der Waals surface area (Å²) in [5.41, 5.74) is 0. The Hall–Kier alpha value is -1.24. The van der Waals surface area contributed by atoms with Crippen molar-refractivity contribution in [2.24, 2.45) is 0 Å². The number of ketones is 1. The minimum Gasteiger partial charge on any atom is -0.293 e. The van der Waals surface area contributed by atoms with Gasteiger partial charge in [0.15, 0.2) is 11.8 Å². The Bertz CT molecular complexity index is 584. The molecule has 2 unspecified atom stereocenters. The molecule has 1 saturated heterocycles. The number of likely N-dealkylation sites (N-methyl/N-ethyl adjacent to an activating group) is 1. The van der Waals surface area contributed by atoms with Crippen LogP contribution in [0.4, 0.5) is 0 Å². The monoisotopic (exact) mass is 298 g/mol. The summed E-state index contributed by atoms with van der Waals surface area (Å²) in [5, 5.41) is 0. The molecule has 1 aliphatic heterocycles. The van der Waals surface area contributed by atoms with Crippen LogP contribution in [-0.4, -0.2) is 38.5 Å². The highest BCUT2D eigenvalue weighted by atomic mass is 32.2. The molecule has 0 aliphatic carbocycles. The quantitative estimate of drug-likeness (QED) is 0.797. The molecule has 0 spiro atoms. The first-order chi connectivity index (χ1) is 9.35. The first kappa shape index (κ1) is 15.2. The number of carbonyl (C=O) groups is 1. The number of Topliss-reactive ketones (excluding diaryl/α,β-unsaturated/α-hetero) is 1. The van der Waals surface area contributed by atoms with Crippen molar-refractivity contribution in [3.05, 3.63) is 30.3 Å². The summed E-state index contributed by atoms with van der Waals surface area (Å²) in [6.07, 6.45) is 2.44. The van der Waals surface area contributed by atoms with Gasteiger partial charge in [-0.15, -0.1) is 0 Å². The highest BCUT2D eigenvalue weighted by Crippen LogP contribution is 2.28. The Morgan fingerprint density at radius 3 is 2.50 bits per heavy atom. The Kier molecular flexibility index (Phi) is 4.27. The average Bonchev–Trinajstić information content (AvgIpc) is 2.38. The molecular formula is C14H20NO4S+. The van der Waals surface area contributed by atoms with Gasteiger partial charge in [0.25, 0.3) is 0 Å². The van der Waals surface area contributed by atoms with Gasteiger partial charge in [0, 0.05) is 13.3 Å². The highest BCUT2D eigenvalue weighted by molar-refractivity contribution is 7.86. The number of hydrogen-bond donors (Lipinski definition) is 0. The zero-order valence-electron chi connectivity index (χ0n) is 11.8. The lowest BCUT2D eigenvalue weighted by Crippen LogP contribution is -2.58. The number of hydrogen-bond acceptors (Lipinski definition) is 4. The minimum absolute atomic E-state index is 0.0320. The molecule has 1 aromatic rings. The van der Waals surface area contributed by atoms with Gasteiger partial charge in [-0.2, -0.15) is 13.1 Å². The van der Waals surface area contributed by atoms with Crippen LogP contribution < -0.4 is 0 Å². The van der Waals surface area contributed by atoms with Gasteiger partial charge in [-0.1, -0.05) is 22.5 Å². The second-order valence-electron chi connectivity index (χ2n) is 5.36. The largest absolute Gasteiger partial charge is 0.342 e. The molecular weight excluding hydrogens is 278 g/mol. The molecule has 0 aromatic heterocycles. The van der Waals surface area contributed by atoms with E-state index in [1.165, 1.54) is 19.1 Å². The van der Waals surface area contributed by atoms with E-state index in [4.69, 9.17) is 4.28 Å². The molecule has 2 rings (SSSR count). The number of hydroxylamine groups is 3. The number of piperidine rings is 1. The van der Waals surface area contributed by atoms with E-state index in [0.29, 0.717) is 13.0 Å². The van der Waals surface area contributed by atoms with Crippen LogP contribution >= 0.6 is 0 Å². The summed E-state index contributed by atoms with van der Waals surface area (Å²) in [5.74, 6) is -0.0320. The predicted molar refractivity (Wildman–Crippen MR) is 74.1 cm³/mol. The van der Waals surface area contributed by atoms with Crippen molar-refractivity contribution in [3.8, 4) is 0 Å². The third-order valence-corrected chi connectivity index (χ3v) is 5.14.